The average molecular weight is 415 g/mol. The number of hydrogen-bond donors (Lipinski definition) is 1. The van der Waals surface area contributed by atoms with Gasteiger partial charge in [-0.05, 0) is 55.5 Å². The minimum atomic E-state index is -0.207. The third-order valence-electron chi connectivity index (χ3n) is 4.51. The molecule has 0 saturated carbocycles. The van der Waals surface area contributed by atoms with Crippen molar-refractivity contribution in [1.82, 2.24) is 15.3 Å². The fourth-order valence-corrected chi connectivity index (χ4v) is 2.95. The Labute approximate surface area is 179 Å². The Kier molecular flexibility index (Phi) is 5.93. The van der Waals surface area contributed by atoms with Gasteiger partial charge >= 0.3 is 0 Å². The predicted molar refractivity (Wildman–Crippen MR) is 115 cm³/mol. The molecule has 0 aliphatic rings. The molecule has 0 saturated heterocycles. The SMILES string of the molecule is COc1ccc(Oc2ccnc(-c3cccc(C(=O)NCc4ccc(C)o4)c3)n2)cc1. The van der Waals surface area contributed by atoms with Crippen molar-refractivity contribution >= 4 is 5.91 Å². The number of carbonyl (C=O) groups excluding carboxylic acids is 1. The van der Waals surface area contributed by atoms with E-state index in [0.29, 0.717) is 40.9 Å². The first-order valence-corrected chi connectivity index (χ1v) is 9.69. The minimum Gasteiger partial charge on any atom is -0.497 e. The van der Waals surface area contributed by atoms with Crippen molar-refractivity contribution < 1.29 is 18.7 Å². The molecular weight excluding hydrogens is 394 g/mol. The van der Waals surface area contributed by atoms with Gasteiger partial charge in [-0.25, -0.2) is 4.98 Å². The highest BCUT2D eigenvalue weighted by Gasteiger charge is 2.10. The summed E-state index contributed by atoms with van der Waals surface area (Å²) in [5.74, 6) is 3.54. The second-order valence-corrected chi connectivity index (χ2v) is 6.77. The summed E-state index contributed by atoms with van der Waals surface area (Å²) >= 11 is 0. The second-order valence-electron chi connectivity index (χ2n) is 6.77. The number of benzene rings is 2. The van der Waals surface area contributed by atoms with E-state index in [2.05, 4.69) is 15.3 Å². The molecule has 0 atom stereocenters. The number of amides is 1. The molecule has 2 heterocycles. The Balaban J connectivity index is 1.47. The molecule has 2 aromatic heterocycles. The Morgan fingerprint density at radius 3 is 2.58 bits per heavy atom. The predicted octanol–water partition coefficient (Wildman–Crippen LogP) is 4.78. The van der Waals surface area contributed by atoms with E-state index in [1.807, 2.05) is 37.3 Å². The number of furan rings is 1. The van der Waals surface area contributed by atoms with Crippen LogP contribution in [0.4, 0.5) is 0 Å². The number of hydrogen-bond acceptors (Lipinski definition) is 6. The fraction of sp³-hybridized carbons (Fsp3) is 0.125. The van der Waals surface area contributed by atoms with Crippen LogP contribution in [0.3, 0.4) is 0 Å². The molecule has 0 bridgehead atoms. The molecule has 0 unspecified atom stereocenters. The van der Waals surface area contributed by atoms with Gasteiger partial charge in [0, 0.05) is 23.4 Å². The van der Waals surface area contributed by atoms with Gasteiger partial charge in [0.2, 0.25) is 5.88 Å². The molecule has 0 aliphatic carbocycles. The first-order valence-electron chi connectivity index (χ1n) is 9.69. The Morgan fingerprint density at radius 1 is 1.03 bits per heavy atom. The smallest absolute Gasteiger partial charge is 0.251 e. The summed E-state index contributed by atoms with van der Waals surface area (Å²) in [5.41, 5.74) is 1.22. The zero-order valence-electron chi connectivity index (χ0n) is 17.2. The van der Waals surface area contributed by atoms with Crippen molar-refractivity contribution in [2.24, 2.45) is 0 Å². The van der Waals surface area contributed by atoms with Gasteiger partial charge in [-0.15, -0.1) is 0 Å². The number of aromatic nitrogens is 2. The number of methoxy groups -OCH3 is 1. The van der Waals surface area contributed by atoms with Crippen LogP contribution < -0.4 is 14.8 Å². The molecule has 0 spiro atoms. The van der Waals surface area contributed by atoms with Gasteiger partial charge in [0.05, 0.1) is 13.7 Å². The van der Waals surface area contributed by atoms with Gasteiger partial charge < -0.3 is 19.2 Å². The number of ether oxygens (including phenoxy) is 2. The Bertz CT molecular complexity index is 1190. The standard InChI is InChI=1S/C24H21N3O4/c1-16-6-7-21(30-16)15-26-24(28)18-5-3-4-17(14-18)23-25-13-12-22(27-23)31-20-10-8-19(29-2)9-11-20/h3-14H,15H2,1-2H3,(H,26,28). The van der Waals surface area contributed by atoms with E-state index in [1.165, 1.54) is 0 Å². The lowest BCUT2D eigenvalue weighted by atomic mass is 10.1. The molecule has 4 rings (SSSR count). The number of carbonyl (C=O) groups is 1. The van der Waals surface area contributed by atoms with Gasteiger partial charge in [0.25, 0.3) is 5.91 Å². The molecule has 1 N–H and O–H groups in total. The van der Waals surface area contributed by atoms with Crippen molar-refractivity contribution in [3.05, 3.63) is 90.0 Å². The minimum absolute atomic E-state index is 0.207. The lowest BCUT2D eigenvalue weighted by Crippen LogP contribution is -2.22. The Morgan fingerprint density at radius 2 is 1.84 bits per heavy atom. The normalized spacial score (nSPS) is 10.5. The molecule has 0 radical (unpaired) electrons. The topological polar surface area (TPSA) is 86.5 Å². The van der Waals surface area contributed by atoms with Crippen molar-refractivity contribution in [3.8, 4) is 28.8 Å². The highest BCUT2D eigenvalue weighted by Crippen LogP contribution is 2.24. The van der Waals surface area contributed by atoms with Crippen LogP contribution in [-0.4, -0.2) is 23.0 Å². The molecule has 7 heteroatoms. The van der Waals surface area contributed by atoms with Gasteiger partial charge in [-0.1, -0.05) is 12.1 Å². The number of nitrogens with one attached hydrogen (secondary N) is 1. The number of nitrogens with zero attached hydrogens (tertiary/aromatic N) is 2. The maximum Gasteiger partial charge on any atom is 0.251 e. The molecule has 1 amide bonds. The van der Waals surface area contributed by atoms with Crippen molar-refractivity contribution in [3.63, 3.8) is 0 Å². The average Bonchev–Trinajstić information content (AvgIpc) is 3.23. The van der Waals surface area contributed by atoms with Crippen LogP contribution in [0.1, 0.15) is 21.9 Å². The molecule has 2 aromatic carbocycles. The number of rotatable bonds is 7. The van der Waals surface area contributed by atoms with E-state index in [4.69, 9.17) is 13.9 Å². The summed E-state index contributed by atoms with van der Waals surface area (Å²) < 4.78 is 16.4. The summed E-state index contributed by atoms with van der Waals surface area (Å²) in [6.45, 7) is 2.18. The lowest BCUT2D eigenvalue weighted by Gasteiger charge is -2.08. The van der Waals surface area contributed by atoms with Crippen molar-refractivity contribution in [2.45, 2.75) is 13.5 Å². The molecule has 0 aliphatic heterocycles. The van der Waals surface area contributed by atoms with Gasteiger partial charge in [0.15, 0.2) is 5.82 Å². The molecule has 156 valence electrons. The van der Waals surface area contributed by atoms with Crippen molar-refractivity contribution in [2.75, 3.05) is 7.11 Å². The van der Waals surface area contributed by atoms with E-state index in [9.17, 15) is 4.79 Å². The van der Waals surface area contributed by atoms with E-state index >= 15 is 0 Å². The summed E-state index contributed by atoms with van der Waals surface area (Å²) in [5, 5.41) is 2.85. The summed E-state index contributed by atoms with van der Waals surface area (Å²) in [6.07, 6.45) is 1.62. The highest BCUT2D eigenvalue weighted by molar-refractivity contribution is 5.95. The van der Waals surface area contributed by atoms with Crippen molar-refractivity contribution in [1.29, 1.82) is 0 Å². The van der Waals surface area contributed by atoms with Crippen LogP contribution in [0, 0.1) is 6.92 Å². The zero-order chi connectivity index (χ0) is 21.6. The second kappa shape index (κ2) is 9.13. The van der Waals surface area contributed by atoms with Crippen LogP contribution in [0.2, 0.25) is 0 Å². The van der Waals surface area contributed by atoms with E-state index < -0.39 is 0 Å². The zero-order valence-corrected chi connectivity index (χ0v) is 17.2. The Hall–Kier alpha value is -4.13. The van der Waals surface area contributed by atoms with Gasteiger partial charge in [0.1, 0.15) is 23.0 Å². The molecule has 7 nitrogen and oxygen atoms in total. The third-order valence-corrected chi connectivity index (χ3v) is 4.51. The van der Waals surface area contributed by atoms with Crippen LogP contribution in [0.5, 0.6) is 17.4 Å². The first kappa shape index (κ1) is 20.2. The van der Waals surface area contributed by atoms with Gasteiger partial charge in [-0.3, -0.25) is 4.79 Å². The molecule has 4 aromatic rings. The quantitative estimate of drug-likeness (QED) is 0.468. The summed E-state index contributed by atoms with van der Waals surface area (Å²) in [7, 11) is 1.61. The fourth-order valence-electron chi connectivity index (χ4n) is 2.95. The van der Waals surface area contributed by atoms with E-state index in [-0.39, 0.29) is 5.91 Å². The van der Waals surface area contributed by atoms with E-state index in [0.717, 1.165) is 11.5 Å². The maximum atomic E-state index is 12.5. The third kappa shape index (κ3) is 5.08. The molecular formula is C24H21N3O4. The van der Waals surface area contributed by atoms with E-state index in [1.54, 1.807) is 49.7 Å². The monoisotopic (exact) mass is 415 g/mol. The maximum absolute atomic E-state index is 12.5. The first-order chi connectivity index (χ1) is 15.1. The van der Waals surface area contributed by atoms with Crippen LogP contribution in [0.15, 0.2) is 77.3 Å². The van der Waals surface area contributed by atoms with Gasteiger partial charge in [-0.2, -0.15) is 4.98 Å². The lowest BCUT2D eigenvalue weighted by molar-refractivity contribution is 0.0948. The highest BCUT2D eigenvalue weighted by atomic mass is 16.5. The molecule has 0 fully saturated rings. The van der Waals surface area contributed by atoms with Crippen LogP contribution in [0.25, 0.3) is 11.4 Å². The van der Waals surface area contributed by atoms with Crippen LogP contribution in [-0.2, 0) is 6.54 Å². The van der Waals surface area contributed by atoms with Crippen LogP contribution >= 0.6 is 0 Å². The summed E-state index contributed by atoms with van der Waals surface area (Å²) in [6, 6.07) is 19.7. The summed E-state index contributed by atoms with van der Waals surface area (Å²) in [4.78, 5) is 21.3. The molecule has 31 heavy (non-hydrogen) atoms. The largest absolute Gasteiger partial charge is 0.497 e. The number of aryl methyl sites for hydroxylation is 1.